The number of carbonyl (C=O) groups is 1. The average Bonchev–Trinajstić information content (AvgIpc) is 3.26. The van der Waals surface area contributed by atoms with Crippen molar-refractivity contribution in [2.45, 2.75) is 25.7 Å². The molecule has 31 heavy (non-hydrogen) atoms. The van der Waals surface area contributed by atoms with Crippen molar-refractivity contribution in [3.05, 3.63) is 65.5 Å². The number of thioether (sulfide) groups is 1. The van der Waals surface area contributed by atoms with Crippen LogP contribution in [0.5, 0.6) is 5.75 Å². The van der Waals surface area contributed by atoms with E-state index in [9.17, 15) is 4.79 Å². The molecule has 2 heterocycles. The van der Waals surface area contributed by atoms with Crippen LogP contribution in [0, 0.1) is 13.8 Å². The lowest BCUT2D eigenvalue weighted by Crippen LogP contribution is -2.49. The van der Waals surface area contributed by atoms with Crippen molar-refractivity contribution in [3.8, 4) is 5.75 Å². The third-order valence-electron chi connectivity index (χ3n) is 5.27. The summed E-state index contributed by atoms with van der Waals surface area (Å²) in [6.07, 6.45) is 0. The monoisotopic (exact) mass is 438 g/mol. The Kier molecular flexibility index (Phi) is 6.76. The van der Waals surface area contributed by atoms with E-state index < -0.39 is 0 Å². The summed E-state index contributed by atoms with van der Waals surface area (Å²) in [5.41, 5.74) is 3.32. The van der Waals surface area contributed by atoms with E-state index in [0.717, 1.165) is 30.0 Å². The minimum absolute atomic E-state index is 0.0873. The predicted molar refractivity (Wildman–Crippen MR) is 121 cm³/mol. The second-order valence-electron chi connectivity index (χ2n) is 7.46. The minimum Gasteiger partial charge on any atom is -0.483 e. The lowest BCUT2D eigenvalue weighted by molar-refractivity contribution is -0.128. The molecule has 2 aromatic carbocycles. The molecule has 1 aliphatic heterocycles. The van der Waals surface area contributed by atoms with Gasteiger partial charge in [-0.1, -0.05) is 48.2 Å². The molecule has 0 N–H and O–H groups in total. The van der Waals surface area contributed by atoms with Gasteiger partial charge in [0.1, 0.15) is 5.75 Å². The van der Waals surface area contributed by atoms with Crippen molar-refractivity contribution in [2.24, 2.45) is 0 Å². The number of para-hydroxylation sites is 2. The maximum Gasteiger partial charge on any atom is 0.277 e. The maximum atomic E-state index is 12.6. The number of hydrogen-bond donors (Lipinski definition) is 0. The quantitative estimate of drug-likeness (QED) is 0.521. The minimum atomic E-state index is 0.0873. The second kappa shape index (κ2) is 9.87. The zero-order valence-corrected chi connectivity index (χ0v) is 18.6. The number of anilines is 1. The first-order valence-corrected chi connectivity index (χ1v) is 11.3. The fourth-order valence-corrected chi connectivity index (χ4v) is 4.27. The molecular weight excluding hydrogens is 412 g/mol. The molecule has 1 amide bonds. The van der Waals surface area contributed by atoms with Gasteiger partial charge in [-0.25, -0.2) is 0 Å². The Hall–Kier alpha value is -3.00. The van der Waals surface area contributed by atoms with Gasteiger partial charge in [0.15, 0.2) is 6.61 Å². The van der Waals surface area contributed by atoms with Crippen LogP contribution in [-0.4, -0.2) is 52.9 Å². The van der Waals surface area contributed by atoms with Crippen molar-refractivity contribution >= 4 is 23.4 Å². The largest absolute Gasteiger partial charge is 0.483 e. The molecule has 0 saturated carbocycles. The van der Waals surface area contributed by atoms with Crippen molar-refractivity contribution in [1.82, 2.24) is 15.1 Å². The van der Waals surface area contributed by atoms with E-state index in [0.29, 0.717) is 24.2 Å². The van der Waals surface area contributed by atoms with Gasteiger partial charge in [0.25, 0.3) is 11.1 Å². The number of ether oxygens (including phenoxy) is 1. The molecule has 0 unspecified atom stereocenters. The van der Waals surface area contributed by atoms with Crippen LogP contribution in [0.3, 0.4) is 0 Å². The first-order valence-electron chi connectivity index (χ1n) is 10.3. The Bertz CT molecular complexity index is 996. The van der Waals surface area contributed by atoms with E-state index in [1.54, 1.807) is 0 Å². The highest BCUT2D eigenvalue weighted by Crippen LogP contribution is 2.24. The van der Waals surface area contributed by atoms with Crippen LogP contribution in [0.1, 0.15) is 17.0 Å². The molecule has 0 bridgehead atoms. The van der Waals surface area contributed by atoms with E-state index in [1.807, 2.05) is 55.1 Å². The summed E-state index contributed by atoms with van der Waals surface area (Å²) in [6, 6.07) is 16.3. The number of nitrogens with zero attached hydrogens (tertiary/aromatic N) is 4. The maximum absolute atomic E-state index is 12.6. The Balaban J connectivity index is 1.23. The summed E-state index contributed by atoms with van der Waals surface area (Å²) in [4.78, 5) is 16.8. The van der Waals surface area contributed by atoms with Crippen molar-refractivity contribution in [3.63, 3.8) is 0 Å². The highest BCUT2D eigenvalue weighted by atomic mass is 32.2. The predicted octanol–water partition coefficient (Wildman–Crippen LogP) is 3.71. The van der Waals surface area contributed by atoms with E-state index in [2.05, 4.69) is 27.2 Å². The fourth-order valence-electron chi connectivity index (χ4n) is 3.58. The van der Waals surface area contributed by atoms with Crippen LogP contribution in [0.25, 0.3) is 0 Å². The first-order chi connectivity index (χ1) is 15.1. The molecule has 1 aromatic heterocycles. The highest BCUT2D eigenvalue weighted by molar-refractivity contribution is 7.99. The average molecular weight is 439 g/mol. The highest BCUT2D eigenvalue weighted by Gasteiger charge is 2.22. The molecule has 7 nitrogen and oxygen atoms in total. The van der Waals surface area contributed by atoms with Crippen LogP contribution < -0.4 is 9.64 Å². The van der Waals surface area contributed by atoms with E-state index >= 15 is 0 Å². The molecule has 8 heteroatoms. The van der Waals surface area contributed by atoms with Crippen LogP contribution in [-0.2, 0) is 11.4 Å². The number of aromatic nitrogens is 2. The fraction of sp³-hybridized carbons (Fsp3) is 0.348. The summed E-state index contributed by atoms with van der Waals surface area (Å²) >= 11 is 1.27. The zero-order valence-electron chi connectivity index (χ0n) is 17.8. The van der Waals surface area contributed by atoms with Crippen LogP contribution in [0.4, 0.5) is 5.69 Å². The zero-order chi connectivity index (χ0) is 21.6. The van der Waals surface area contributed by atoms with Gasteiger partial charge < -0.3 is 19.0 Å². The number of hydrogen-bond acceptors (Lipinski definition) is 7. The Morgan fingerprint density at radius 2 is 1.71 bits per heavy atom. The summed E-state index contributed by atoms with van der Waals surface area (Å²) in [5, 5.41) is 8.45. The Morgan fingerprint density at radius 3 is 2.42 bits per heavy atom. The molecule has 0 spiro atoms. The van der Waals surface area contributed by atoms with Gasteiger partial charge >= 0.3 is 0 Å². The molecule has 1 fully saturated rings. The van der Waals surface area contributed by atoms with Crippen LogP contribution >= 0.6 is 11.8 Å². The van der Waals surface area contributed by atoms with Gasteiger partial charge in [-0.2, -0.15) is 0 Å². The van der Waals surface area contributed by atoms with Crippen molar-refractivity contribution in [1.29, 1.82) is 0 Å². The molecule has 162 valence electrons. The first kappa shape index (κ1) is 21.2. The smallest absolute Gasteiger partial charge is 0.277 e. The Labute approximate surface area is 186 Å². The molecule has 1 saturated heterocycles. The number of amides is 1. The van der Waals surface area contributed by atoms with Gasteiger partial charge in [-0.15, -0.1) is 10.2 Å². The van der Waals surface area contributed by atoms with Gasteiger partial charge in [0.2, 0.25) is 5.91 Å². The summed E-state index contributed by atoms with van der Waals surface area (Å²) in [6.45, 7) is 7.31. The van der Waals surface area contributed by atoms with Gasteiger partial charge in [0, 0.05) is 31.9 Å². The number of aryl methyl sites for hydroxylation is 2. The summed E-state index contributed by atoms with van der Waals surface area (Å²) in [5.74, 6) is 1.60. The third-order valence-corrected chi connectivity index (χ3v) is 6.07. The number of piperazine rings is 1. The van der Waals surface area contributed by atoms with Crippen LogP contribution in [0.2, 0.25) is 0 Å². The number of carbonyl (C=O) groups excluding carboxylic acids is 1. The van der Waals surface area contributed by atoms with Gasteiger partial charge in [-0.05, 0) is 37.1 Å². The standard InChI is InChI=1S/C23H26N4O3S/c1-17-7-6-8-18(2)22(17)29-15-20-24-25-23(30-20)31-16-21(28)27-13-11-26(12-14-27)19-9-4-3-5-10-19/h3-10H,11-16H2,1-2H3. The molecule has 0 radical (unpaired) electrons. The molecule has 4 rings (SSSR count). The molecule has 0 aliphatic carbocycles. The molecule has 3 aromatic rings. The number of rotatable bonds is 7. The van der Waals surface area contributed by atoms with Gasteiger partial charge in [-0.3, -0.25) is 4.79 Å². The van der Waals surface area contributed by atoms with Crippen molar-refractivity contribution in [2.75, 3.05) is 36.8 Å². The second-order valence-corrected chi connectivity index (χ2v) is 8.39. The van der Waals surface area contributed by atoms with Gasteiger partial charge in [0.05, 0.1) is 5.75 Å². The van der Waals surface area contributed by atoms with Crippen molar-refractivity contribution < 1.29 is 13.9 Å². The topological polar surface area (TPSA) is 71.7 Å². The third kappa shape index (κ3) is 5.38. The van der Waals surface area contributed by atoms with E-state index in [4.69, 9.17) is 9.15 Å². The summed E-state index contributed by atoms with van der Waals surface area (Å²) < 4.78 is 11.5. The molecule has 0 atom stereocenters. The van der Waals surface area contributed by atoms with E-state index in [1.165, 1.54) is 17.4 Å². The van der Waals surface area contributed by atoms with Crippen LogP contribution in [0.15, 0.2) is 58.2 Å². The normalized spacial score (nSPS) is 14.0. The SMILES string of the molecule is Cc1cccc(C)c1OCc1nnc(SCC(=O)N2CCN(c3ccccc3)CC2)o1. The lowest BCUT2D eigenvalue weighted by atomic mass is 10.1. The lowest BCUT2D eigenvalue weighted by Gasteiger charge is -2.36. The molecule has 1 aliphatic rings. The molecular formula is C23H26N4O3S. The van der Waals surface area contributed by atoms with E-state index in [-0.39, 0.29) is 18.3 Å². The Morgan fingerprint density at radius 1 is 1.00 bits per heavy atom. The summed E-state index contributed by atoms with van der Waals surface area (Å²) in [7, 11) is 0. The number of benzene rings is 2.